The van der Waals surface area contributed by atoms with Gasteiger partial charge in [0.25, 0.3) is 0 Å². The van der Waals surface area contributed by atoms with Crippen LogP contribution >= 0.6 is 0 Å². The van der Waals surface area contributed by atoms with Gasteiger partial charge in [-0.15, -0.1) is 0 Å². The third kappa shape index (κ3) is 6.30. The number of rotatable bonds is 6. The largest absolute Gasteiger partial charge is 0.337 e. The Morgan fingerprint density at radius 3 is 2.38 bits per heavy atom. The van der Waals surface area contributed by atoms with Crippen molar-refractivity contribution in [1.29, 1.82) is 0 Å². The zero-order chi connectivity index (χ0) is 24.8. The Bertz CT molecular complexity index is 1030. The standard InChI is InChI=1S/C25H30F2N4O3/c1-16(2)23(29-25(34)28-21-10-9-19(26)14-20(21)27)24(33)30-11-12-31(17(3)15-30)22(32)13-18-7-5-4-6-8-18/h4-10,14,16-17,23H,11-13,15H2,1-3H3,(H2,28,29,34). The number of carbonyl (C=O) groups is 3. The van der Waals surface area contributed by atoms with E-state index >= 15 is 0 Å². The van der Waals surface area contributed by atoms with Crippen molar-refractivity contribution >= 4 is 23.5 Å². The Hall–Kier alpha value is -3.49. The highest BCUT2D eigenvalue weighted by Crippen LogP contribution is 2.17. The molecule has 2 unspecified atom stereocenters. The predicted molar refractivity (Wildman–Crippen MR) is 125 cm³/mol. The van der Waals surface area contributed by atoms with Gasteiger partial charge in [-0.25, -0.2) is 13.6 Å². The zero-order valence-corrected chi connectivity index (χ0v) is 19.6. The van der Waals surface area contributed by atoms with E-state index in [9.17, 15) is 23.2 Å². The van der Waals surface area contributed by atoms with Crippen LogP contribution in [0.5, 0.6) is 0 Å². The predicted octanol–water partition coefficient (Wildman–Crippen LogP) is 3.41. The van der Waals surface area contributed by atoms with Crippen molar-refractivity contribution in [2.24, 2.45) is 5.92 Å². The molecule has 0 spiro atoms. The van der Waals surface area contributed by atoms with Crippen molar-refractivity contribution in [1.82, 2.24) is 15.1 Å². The Morgan fingerprint density at radius 2 is 1.76 bits per heavy atom. The zero-order valence-electron chi connectivity index (χ0n) is 19.6. The fraction of sp³-hybridized carbons (Fsp3) is 0.400. The number of anilines is 1. The van der Waals surface area contributed by atoms with E-state index in [-0.39, 0.29) is 29.5 Å². The summed E-state index contributed by atoms with van der Waals surface area (Å²) in [6.07, 6.45) is 0.301. The minimum atomic E-state index is -0.910. The molecular formula is C25H30F2N4O3. The van der Waals surface area contributed by atoms with Crippen LogP contribution in [0.3, 0.4) is 0 Å². The molecule has 1 saturated heterocycles. The normalized spacial score (nSPS) is 16.8. The number of urea groups is 1. The van der Waals surface area contributed by atoms with E-state index in [1.807, 2.05) is 37.3 Å². The average molecular weight is 473 g/mol. The molecule has 1 aliphatic rings. The maximum absolute atomic E-state index is 13.8. The molecule has 4 amide bonds. The summed E-state index contributed by atoms with van der Waals surface area (Å²) in [4.78, 5) is 41.8. The van der Waals surface area contributed by atoms with Crippen LogP contribution in [0, 0.1) is 17.6 Å². The molecule has 2 N–H and O–H groups in total. The molecule has 7 nitrogen and oxygen atoms in total. The van der Waals surface area contributed by atoms with E-state index in [1.54, 1.807) is 23.6 Å². The monoisotopic (exact) mass is 472 g/mol. The van der Waals surface area contributed by atoms with E-state index in [2.05, 4.69) is 10.6 Å². The number of halogens is 2. The van der Waals surface area contributed by atoms with E-state index in [0.29, 0.717) is 32.1 Å². The summed E-state index contributed by atoms with van der Waals surface area (Å²) in [6.45, 7) is 6.58. The quantitative estimate of drug-likeness (QED) is 0.676. The molecular weight excluding hydrogens is 442 g/mol. The molecule has 2 aromatic carbocycles. The minimum absolute atomic E-state index is 0.00466. The highest BCUT2D eigenvalue weighted by atomic mass is 19.1. The van der Waals surface area contributed by atoms with Crippen molar-refractivity contribution in [2.75, 3.05) is 25.0 Å². The molecule has 34 heavy (non-hydrogen) atoms. The van der Waals surface area contributed by atoms with E-state index in [0.717, 1.165) is 17.7 Å². The van der Waals surface area contributed by atoms with E-state index in [4.69, 9.17) is 0 Å². The summed E-state index contributed by atoms with van der Waals surface area (Å²) in [5.74, 6) is -2.16. The lowest BCUT2D eigenvalue weighted by molar-refractivity contribution is -0.143. The van der Waals surface area contributed by atoms with Gasteiger partial charge in [0.15, 0.2) is 0 Å². The Labute approximate surface area is 198 Å². The van der Waals surface area contributed by atoms with Crippen molar-refractivity contribution < 1.29 is 23.2 Å². The Morgan fingerprint density at radius 1 is 1.06 bits per heavy atom. The summed E-state index contributed by atoms with van der Waals surface area (Å²) >= 11 is 0. The molecule has 3 rings (SSSR count). The van der Waals surface area contributed by atoms with Gasteiger partial charge in [-0.2, -0.15) is 0 Å². The topological polar surface area (TPSA) is 81.8 Å². The van der Waals surface area contributed by atoms with Crippen LogP contribution in [-0.2, 0) is 16.0 Å². The summed E-state index contributed by atoms with van der Waals surface area (Å²) in [7, 11) is 0. The number of amides is 4. The lowest BCUT2D eigenvalue weighted by Crippen LogP contribution is -2.60. The molecule has 0 aliphatic carbocycles. The van der Waals surface area contributed by atoms with Crippen molar-refractivity contribution in [3.8, 4) is 0 Å². The van der Waals surface area contributed by atoms with Crippen LogP contribution < -0.4 is 10.6 Å². The number of benzene rings is 2. The number of carbonyl (C=O) groups excluding carboxylic acids is 3. The maximum atomic E-state index is 13.8. The van der Waals surface area contributed by atoms with Crippen molar-refractivity contribution in [3.63, 3.8) is 0 Å². The summed E-state index contributed by atoms with van der Waals surface area (Å²) in [5.41, 5.74) is 0.749. The molecule has 0 bridgehead atoms. The highest BCUT2D eigenvalue weighted by Gasteiger charge is 2.34. The summed E-state index contributed by atoms with van der Waals surface area (Å²) in [6, 6.07) is 10.5. The minimum Gasteiger partial charge on any atom is -0.337 e. The first-order valence-corrected chi connectivity index (χ1v) is 11.3. The van der Waals surface area contributed by atoms with Crippen LogP contribution in [0.2, 0.25) is 0 Å². The summed E-state index contributed by atoms with van der Waals surface area (Å²) in [5, 5.41) is 4.92. The van der Waals surface area contributed by atoms with Crippen molar-refractivity contribution in [3.05, 3.63) is 65.7 Å². The van der Waals surface area contributed by atoms with Gasteiger partial charge < -0.3 is 20.4 Å². The highest BCUT2D eigenvalue weighted by molar-refractivity contribution is 5.94. The van der Waals surface area contributed by atoms with Crippen LogP contribution in [-0.4, -0.2) is 59.4 Å². The van der Waals surface area contributed by atoms with E-state index in [1.165, 1.54) is 0 Å². The third-order valence-corrected chi connectivity index (χ3v) is 5.86. The molecule has 1 heterocycles. The molecule has 182 valence electrons. The Balaban J connectivity index is 1.59. The third-order valence-electron chi connectivity index (χ3n) is 5.86. The van der Waals surface area contributed by atoms with Gasteiger partial charge in [0.1, 0.15) is 17.7 Å². The van der Waals surface area contributed by atoms with Crippen LogP contribution in [0.15, 0.2) is 48.5 Å². The molecule has 2 aromatic rings. The lowest BCUT2D eigenvalue weighted by atomic mass is 10.0. The first-order valence-electron chi connectivity index (χ1n) is 11.3. The number of piperazine rings is 1. The molecule has 1 aliphatic heterocycles. The van der Waals surface area contributed by atoms with Crippen LogP contribution in [0.25, 0.3) is 0 Å². The molecule has 0 saturated carbocycles. The van der Waals surface area contributed by atoms with E-state index < -0.39 is 23.7 Å². The van der Waals surface area contributed by atoms with Crippen molar-refractivity contribution in [2.45, 2.75) is 39.3 Å². The smallest absolute Gasteiger partial charge is 0.319 e. The second kappa shape index (κ2) is 11.1. The molecule has 2 atom stereocenters. The average Bonchev–Trinajstić information content (AvgIpc) is 2.79. The number of nitrogens with one attached hydrogen (secondary N) is 2. The molecule has 0 radical (unpaired) electrons. The lowest BCUT2D eigenvalue weighted by Gasteiger charge is -2.41. The first-order chi connectivity index (χ1) is 16.2. The maximum Gasteiger partial charge on any atom is 0.319 e. The molecule has 9 heteroatoms. The number of nitrogens with zero attached hydrogens (tertiary/aromatic N) is 2. The van der Waals surface area contributed by atoms with Gasteiger partial charge in [0.2, 0.25) is 11.8 Å². The first kappa shape index (κ1) is 25.1. The SMILES string of the molecule is CC(C)C(NC(=O)Nc1ccc(F)cc1F)C(=O)N1CCN(C(=O)Cc2ccccc2)C(C)C1. The molecule has 1 fully saturated rings. The van der Waals surface area contributed by atoms with Gasteiger partial charge in [-0.05, 0) is 30.5 Å². The second-order valence-corrected chi connectivity index (χ2v) is 8.83. The number of hydrogen-bond acceptors (Lipinski definition) is 3. The van der Waals surface area contributed by atoms with Gasteiger partial charge in [0.05, 0.1) is 12.1 Å². The Kier molecular flexibility index (Phi) is 8.20. The van der Waals surface area contributed by atoms with Crippen LogP contribution in [0.4, 0.5) is 19.3 Å². The van der Waals surface area contributed by atoms with Crippen LogP contribution in [0.1, 0.15) is 26.3 Å². The summed E-state index contributed by atoms with van der Waals surface area (Å²) < 4.78 is 26.9. The second-order valence-electron chi connectivity index (χ2n) is 8.83. The fourth-order valence-corrected chi connectivity index (χ4v) is 4.00. The van der Waals surface area contributed by atoms with Gasteiger partial charge >= 0.3 is 6.03 Å². The number of hydrogen-bond donors (Lipinski definition) is 2. The van der Waals surface area contributed by atoms with Gasteiger partial charge in [0, 0.05) is 31.7 Å². The van der Waals surface area contributed by atoms with Gasteiger partial charge in [-0.1, -0.05) is 44.2 Å². The molecule has 0 aromatic heterocycles. The fourth-order valence-electron chi connectivity index (χ4n) is 4.00. The van der Waals surface area contributed by atoms with Gasteiger partial charge in [-0.3, -0.25) is 9.59 Å².